The molecule has 10 heteroatoms. The van der Waals surface area contributed by atoms with Crippen molar-refractivity contribution in [2.45, 2.75) is 44.6 Å². The van der Waals surface area contributed by atoms with Crippen LogP contribution in [-0.2, 0) is 11.3 Å². The third-order valence-corrected chi connectivity index (χ3v) is 5.27. The maximum Gasteiger partial charge on any atom is 0.490 e. The van der Waals surface area contributed by atoms with Gasteiger partial charge >= 0.3 is 12.1 Å². The molecule has 1 fully saturated rings. The van der Waals surface area contributed by atoms with E-state index in [0.717, 1.165) is 23.4 Å². The minimum absolute atomic E-state index is 0.389. The molecule has 0 spiro atoms. The Kier molecular flexibility index (Phi) is 7.83. The summed E-state index contributed by atoms with van der Waals surface area (Å²) in [5.74, 6) is -2.76. The van der Waals surface area contributed by atoms with Gasteiger partial charge < -0.3 is 15.5 Å². The Bertz CT molecular complexity index is 1040. The van der Waals surface area contributed by atoms with Gasteiger partial charge in [-0.2, -0.15) is 13.2 Å². The summed E-state index contributed by atoms with van der Waals surface area (Å²) in [4.78, 5) is 8.90. The van der Waals surface area contributed by atoms with Gasteiger partial charge in [0, 0.05) is 11.6 Å². The summed E-state index contributed by atoms with van der Waals surface area (Å²) in [6.45, 7) is 3.53. The van der Waals surface area contributed by atoms with E-state index < -0.39 is 18.2 Å². The lowest BCUT2D eigenvalue weighted by Crippen LogP contribution is -2.21. The van der Waals surface area contributed by atoms with E-state index in [1.807, 2.05) is 37.4 Å². The second-order valence-electron chi connectivity index (χ2n) is 7.83. The lowest BCUT2D eigenvalue weighted by atomic mass is 10.0. The van der Waals surface area contributed by atoms with Gasteiger partial charge in [-0.05, 0) is 37.4 Å². The molecule has 2 heterocycles. The average Bonchev–Trinajstić information content (AvgIpc) is 3.47. The van der Waals surface area contributed by atoms with E-state index >= 15 is 0 Å². The molecule has 4 rings (SSSR count). The van der Waals surface area contributed by atoms with E-state index in [0.29, 0.717) is 12.6 Å². The molecule has 2 unspecified atom stereocenters. The lowest BCUT2D eigenvalue weighted by molar-refractivity contribution is -0.192. The van der Waals surface area contributed by atoms with Crippen LogP contribution in [0.15, 0.2) is 54.7 Å². The normalized spacial score (nSPS) is 16.7. The quantitative estimate of drug-likeness (QED) is 0.529. The molecule has 1 saturated heterocycles. The number of hydrogen-bond acceptors (Lipinski definition) is 5. The topological polar surface area (TPSA) is 100 Å². The van der Waals surface area contributed by atoms with Gasteiger partial charge in [-0.3, -0.25) is 0 Å². The van der Waals surface area contributed by atoms with E-state index in [1.54, 1.807) is 4.68 Å². The molecule has 3 N–H and O–H groups in total. The summed E-state index contributed by atoms with van der Waals surface area (Å²) in [5.41, 5.74) is 5.27. The fraction of sp³-hybridized carbons (Fsp3) is 0.348. The summed E-state index contributed by atoms with van der Waals surface area (Å²) in [6, 6.07) is 16.9. The molecule has 2 aromatic carbocycles. The largest absolute Gasteiger partial charge is 0.490 e. The van der Waals surface area contributed by atoms with Crippen LogP contribution in [0, 0.1) is 6.92 Å². The van der Waals surface area contributed by atoms with Crippen LogP contribution >= 0.6 is 0 Å². The van der Waals surface area contributed by atoms with Gasteiger partial charge in [0.15, 0.2) is 0 Å². The number of rotatable bonds is 5. The number of nitrogens with zero attached hydrogens (tertiary/aromatic N) is 3. The molecular formula is C23H25F3N4O3. The smallest absolute Gasteiger partial charge is 0.475 e. The first-order chi connectivity index (χ1) is 15.6. The Morgan fingerprint density at radius 2 is 1.82 bits per heavy atom. The van der Waals surface area contributed by atoms with E-state index in [1.165, 1.54) is 24.0 Å². The molecule has 2 atom stereocenters. The van der Waals surface area contributed by atoms with Crippen molar-refractivity contribution < 1.29 is 28.2 Å². The van der Waals surface area contributed by atoms with Crippen LogP contribution in [0.25, 0.3) is 11.3 Å². The number of aliphatic hydroxyl groups excluding tert-OH is 1. The standard InChI is InChI=1S/C21H24N4O.C2HF3O2/c1-15-4-6-18(7-5-15)21(26)14-25-13-20(23-24-25)17-10-8-16(9-11-17)19-3-2-12-22-19;3-2(4,5)1(6)7/h4-11,13,19,21-22,26H,2-3,12,14H2,1H3;(H,6,7). The predicted octanol–water partition coefficient (Wildman–Crippen LogP) is 4.04. The third kappa shape index (κ3) is 6.87. The number of aromatic nitrogens is 3. The minimum atomic E-state index is -5.08. The monoisotopic (exact) mass is 462 g/mol. The van der Waals surface area contributed by atoms with Crippen LogP contribution in [-0.4, -0.2) is 43.9 Å². The van der Waals surface area contributed by atoms with Crippen molar-refractivity contribution in [3.8, 4) is 11.3 Å². The summed E-state index contributed by atoms with van der Waals surface area (Å²) < 4.78 is 33.4. The van der Waals surface area contributed by atoms with Crippen LogP contribution in [0.2, 0.25) is 0 Å². The molecule has 1 aliphatic rings. The van der Waals surface area contributed by atoms with Crippen molar-refractivity contribution in [2.75, 3.05) is 6.54 Å². The fourth-order valence-corrected chi connectivity index (χ4v) is 3.45. The number of benzene rings is 2. The molecule has 0 aliphatic carbocycles. The highest BCUT2D eigenvalue weighted by atomic mass is 19.4. The summed E-state index contributed by atoms with van der Waals surface area (Å²) in [7, 11) is 0. The zero-order valence-electron chi connectivity index (χ0n) is 18.0. The van der Waals surface area contributed by atoms with Crippen LogP contribution in [0.5, 0.6) is 0 Å². The number of nitrogens with one attached hydrogen (secondary N) is 1. The fourth-order valence-electron chi connectivity index (χ4n) is 3.45. The van der Waals surface area contributed by atoms with Crippen LogP contribution in [0.4, 0.5) is 13.2 Å². The zero-order chi connectivity index (χ0) is 24.0. The zero-order valence-corrected chi connectivity index (χ0v) is 18.0. The van der Waals surface area contributed by atoms with E-state index in [4.69, 9.17) is 9.90 Å². The Morgan fingerprint density at radius 3 is 2.36 bits per heavy atom. The average molecular weight is 462 g/mol. The van der Waals surface area contributed by atoms with Crippen LogP contribution in [0.1, 0.15) is 41.7 Å². The number of halogens is 3. The minimum Gasteiger partial charge on any atom is -0.475 e. The number of hydrogen-bond donors (Lipinski definition) is 3. The van der Waals surface area contributed by atoms with Gasteiger partial charge in [0.05, 0.1) is 18.8 Å². The molecule has 176 valence electrons. The highest BCUT2D eigenvalue weighted by Crippen LogP contribution is 2.25. The number of alkyl halides is 3. The van der Waals surface area contributed by atoms with Crippen molar-refractivity contribution in [2.24, 2.45) is 0 Å². The van der Waals surface area contributed by atoms with Crippen molar-refractivity contribution in [1.29, 1.82) is 0 Å². The van der Waals surface area contributed by atoms with E-state index in [2.05, 4.69) is 39.9 Å². The molecule has 1 aromatic heterocycles. The first kappa shape index (κ1) is 24.4. The van der Waals surface area contributed by atoms with Gasteiger partial charge in [0.1, 0.15) is 5.69 Å². The molecule has 7 nitrogen and oxygen atoms in total. The molecule has 0 saturated carbocycles. The summed E-state index contributed by atoms with van der Waals surface area (Å²) in [5, 5.41) is 29.5. The number of aliphatic carboxylic acids is 1. The van der Waals surface area contributed by atoms with Gasteiger partial charge in [-0.25, -0.2) is 9.48 Å². The highest BCUT2D eigenvalue weighted by Gasteiger charge is 2.38. The van der Waals surface area contributed by atoms with Gasteiger partial charge in [-0.15, -0.1) is 5.10 Å². The third-order valence-electron chi connectivity index (χ3n) is 5.27. The molecule has 3 aromatic rings. The number of carbonyl (C=O) groups is 1. The predicted molar refractivity (Wildman–Crippen MR) is 115 cm³/mol. The Labute approximate surface area is 188 Å². The van der Waals surface area contributed by atoms with E-state index in [-0.39, 0.29) is 0 Å². The highest BCUT2D eigenvalue weighted by molar-refractivity contribution is 5.73. The Morgan fingerprint density at radius 1 is 1.18 bits per heavy atom. The van der Waals surface area contributed by atoms with Crippen LogP contribution in [0.3, 0.4) is 0 Å². The second kappa shape index (κ2) is 10.6. The van der Waals surface area contributed by atoms with Crippen molar-refractivity contribution in [1.82, 2.24) is 20.3 Å². The first-order valence-electron chi connectivity index (χ1n) is 10.4. The summed E-state index contributed by atoms with van der Waals surface area (Å²) >= 11 is 0. The number of carboxylic acid groups (broad SMARTS) is 1. The van der Waals surface area contributed by atoms with Crippen molar-refractivity contribution in [3.05, 3.63) is 71.4 Å². The SMILES string of the molecule is Cc1ccc(C(O)Cn2cc(-c3ccc(C4CCCN4)cc3)nn2)cc1.O=C(O)C(F)(F)F. The van der Waals surface area contributed by atoms with Crippen molar-refractivity contribution >= 4 is 5.97 Å². The summed E-state index contributed by atoms with van der Waals surface area (Å²) in [6.07, 6.45) is -1.35. The number of carboxylic acids is 1. The molecule has 0 amide bonds. The first-order valence-corrected chi connectivity index (χ1v) is 10.4. The maximum absolute atomic E-state index is 10.6. The molecular weight excluding hydrogens is 437 g/mol. The van der Waals surface area contributed by atoms with E-state index in [9.17, 15) is 18.3 Å². The molecule has 0 radical (unpaired) electrons. The maximum atomic E-state index is 10.6. The van der Waals surface area contributed by atoms with Gasteiger partial charge in [0.25, 0.3) is 0 Å². The molecule has 1 aliphatic heterocycles. The number of aliphatic hydroxyl groups is 1. The van der Waals surface area contributed by atoms with Crippen molar-refractivity contribution in [3.63, 3.8) is 0 Å². The van der Waals surface area contributed by atoms with Gasteiger partial charge in [0.2, 0.25) is 0 Å². The Balaban J connectivity index is 0.000000383. The second-order valence-corrected chi connectivity index (χ2v) is 7.83. The lowest BCUT2D eigenvalue weighted by Gasteiger charge is -2.11. The number of aryl methyl sites for hydroxylation is 1. The van der Waals surface area contributed by atoms with Gasteiger partial charge in [-0.1, -0.05) is 59.3 Å². The molecule has 0 bridgehead atoms. The Hall–Kier alpha value is -3.24. The molecule has 33 heavy (non-hydrogen) atoms. The van der Waals surface area contributed by atoms with Crippen LogP contribution < -0.4 is 5.32 Å².